The molecule has 0 atom stereocenters. The smallest absolute Gasteiger partial charge is 0.305 e. The first-order chi connectivity index (χ1) is 10.1. The first kappa shape index (κ1) is 16.8. The lowest BCUT2D eigenvalue weighted by atomic mass is 10.1. The van der Waals surface area contributed by atoms with Gasteiger partial charge in [0.05, 0.1) is 21.3 Å². The zero-order valence-corrected chi connectivity index (χ0v) is 12.6. The van der Waals surface area contributed by atoms with Crippen molar-refractivity contribution in [2.45, 2.75) is 25.8 Å². The highest BCUT2D eigenvalue weighted by Gasteiger charge is 2.08. The van der Waals surface area contributed by atoms with E-state index in [4.69, 9.17) is 9.47 Å². The van der Waals surface area contributed by atoms with Gasteiger partial charge in [-0.25, -0.2) is 0 Å². The summed E-state index contributed by atoms with van der Waals surface area (Å²) in [5, 5.41) is 2.79. The SMILES string of the molecule is COC(=O)CCCC(=O)NCc1cc(OC)ccc1OC. The van der Waals surface area contributed by atoms with Crippen LogP contribution in [0.5, 0.6) is 11.5 Å². The number of methoxy groups -OCH3 is 3. The number of carbonyl (C=O) groups excluding carboxylic acids is 2. The third-order valence-corrected chi connectivity index (χ3v) is 2.98. The molecule has 6 nitrogen and oxygen atoms in total. The number of hydrogen-bond donors (Lipinski definition) is 1. The molecule has 0 bridgehead atoms. The summed E-state index contributed by atoms with van der Waals surface area (Å²) in [6, 6.07) is 5.39. The van der Waals surface area contributed by atoms with Crippen molar-refractivity contribution in [2.75, 3.05) is 21.3 Å². The van der Waals surface area contributed by atoms with Gasteiger partial charge in [0.2, 0.25) is 5.91 Å². The molecule has 0 aliphatic heterocycles. The lowest BCUT2D eigenvalue weighted by Crippen LogP contribution is -2.23. The predicted octanol–water partition coefficient (Wildman–Crippen LogP) is 1.66. The van der Waals surface area contributed by atoms with Gasteiger partial charge in [-0.1, -0.05) is 0 Å². The maximum atomic E-state index is 11.7. The Morgan fingerprint density at radius 2 is 1.86 bits per heavy atom. The highest BCUT2D eigenvalue weighted by Crippen LogP contribution is 2.23. The molecule has 116 valence electrons. The molecule has 21 heavy (non-hydrogen) atoms. The Balaban J connectivity index is 2.46. The average Bonchev–Trinajstić information content (AvgIpc) is 2.52. The molecule has 0 fully saturated rings. The first-order valence-electron chi connectivity index (χ1n) is 6.65. The molecular formula is C15H21NO5. The van der Waals surface area contributed by atoms with Crippen LogP contribution in [-0.2, 0) is 20.9 Å². The molecule has 1 aromatic carbocycles. The third kappa shape index (κ3) is 5.72. The number of nitrogens with one attached hydrogen (secondary N) is 1. The van der Waals surface area contributed by atoms with Crippen molar-refractivity contribution in [1.82, 2.24) is 5.32 Å². The lowest BCUT2D eigenvalue weighted by molar-refractivity contribution is -0.140. The number of hydrogen-bond acceptors (Lipinski definition) is 5. The Kier molecular flexibility index (Phi) is 7.08. The molecule has 0 aliphatic rings. The van der Waals surface area contributed by atoms with Gasteiger partial charge in [0.1, 0.15) is 11.5 Å². The molecule has 0 saturated carbocycles. The summed E-state index contributed by atoms with van der Waals surface area (Å²) in [5.41, 5.74) is 0.832. The van der Waals surface area contributed by atoms with Crippen LogP contribution in [0.2, 0.25) is 0 Å². The minimum atomic E-state index is -0.308. The fraction of sp³-hybridized carbons (Fsp3) is 0.467. The van der Waals surface area contributed by atoms with E-state index in [0.717, 1.165) is 5.56 Å². The number of ether oxygens (including phenoxy) is 3. The largest absolute Gasteiger partial charge is 0.497 e. The molecule has 0 heterocycles. The Bertz CT molecular complexity index is 487. The topological polar surface area (TPSA) is 73.9 Å². The van der Waals surface area contributed by atoms with E-state index in [9.17, 15) is 9.59 Å². The molecule has 0 unspecified atom stereocenters. The summed E-state index contributed by atoms with van der Waals surface area (Å²) < 4.78 is 14.9. The minimum absolute atomic E-state index is 0.122. The predicted molar refractivity (Wildman–Crippen MR) is 77.3 cm³/mol. The van der Waals surface area contributed by atoms with E-state index in [1.807, 2.05) is 6.07 Å². The standard InChI is InChI=1S/C15H21NO5/c1-19-12-7-8-13(20-2)11(9-12)10-16-14(17)5-4-6-15(18)21-3/h7-9H,4-6,10H2,1-3H3,(H,16,17). The molecular weight excluding hydrogens is 274 g/mol. The van der Waals surface area contributed by atoms with Gasteiger partial charge in [-0.05, 0) is 24.6 Å². The molecule has 6 heteroatoms. The fourth-order valence-electron chi connectivity index (χ4n) is 1.80. The maximum Gasteiger partial charge on any atom is 0.305 e. The van der Waals surface area contributed by atoms with Crippen LogP contribution < -0.4 is 14.8 Å². The van der Waals surface area contributed by atoms with Gasteiger partial charge in [-0.15, -0.1) is 0 Å². The van der Waals surface area contributed by atoms with Gasteiger partial charge >= 0.3 is 5.97 Å². The van der Waals surface area contributed by atoms with Crippen molar-refractivity contribution >= 4 is 11.9 Å². The normalized spacial score (nSPS) is 9.86. The molecule has 1 aromatic rings. The van der Waals surface area contributed by atoms with Gasteiger partial charge in [-0.2, -0.15) is 0 Å². The fourth-order valence-corrected chi connectivity index (χ4v) is 1.80. The van der Waals surface area contributed by atoms with Crippen LogP contribution in [0.4, 0.5) is 0 Å². The van der Waals surface area contributed by atoms with E-state index >= 15 is 0 Å². The highest BCUT2D eigenvalue weighted by molar-refractivity contribution is 5.77. The molecule has 0 saturated heterocycles. The van der Waals surface area contributed by atoms with Crippen LogP contribution in [0.25, 0.3) is 0 Å². The molecule has 1 amide bonds. The second-order valence-corrected chi connectivity index (χ2v) is 4.38. The molecule has 0 aromatic heterocycles. The van der Waals surface area contributed by atoms with Gasteiger partial charge in [0, 0.05) is 24.9 Å². The Hall–Kier alpha value is -2.24. The second kappa shape index (κ2) is 8.84. The van der Waals surface area contributed by atoms with Crippen molar-refractivity contribution < 1.29 is 23.8 Å². The lowest BCUT2D eigenvalue weighted by Gasteiger charge is -2.11. The summed E-state index contributed by atoms with van der Waals surface area (Å²) in [6.45, 7) is 0.345. The maximum absolute atomic E-state index is 11.7. The van der Waals surface area contributed by atoms with Crippen molar-refractivity contribution in [3.63, 3.8) is 0 Å². The molecule has 1 N–H and O–H groups in total. The number of carbonyl (C=O) groups is 2. The van der Waals surface area contributed by atoms with Gasteiger partial charge in [-0.3, -0.25) is 9.59 Å². The van der Waals surface area contributed by atoms with Crippen molar-refractivity contribution in [3.05, 3.63) is 23.8 Å². The zero-order chi connectivity index (χ0) is 15.7. The number of esters is 1. The molecule has 1 rings (SSSR count). The first-order valence-corrected chi connectivity index (χ1v) is 6.65. The van der Waals surface area contributed by atoms with Crippen LogP contribution in [0, 0.1) is 0 Å². The Labute approximate surface area is 124 Å². The van der Waals surface area contributed by atoms with E-state index in [-0.39, 0.29) is 24.7 Å². The zero-order valence-electron chi connectivity index (χ0n) is 12.6. The number of rotatable bonds is 8. The van der Waals surface area contributed by atoms with Crippen molar-refractivity contribution in [3.8, 4) is 11.5 Å². The summed E-state index contributed by atoms with van der Waals surface area (Å²) in [7, 11) is 4.48. The summed E-state index contributed by atoms with van der Waals surface area (Å²) >= 11 is 0. The van der Waals surface area contributed by atoms with Crippen LogP contribution >= 0.6 is 0 Å². The monoisotopic (exact) mass is 295 g/mol. The van der Waals surface area contributed by atoms with Crippen LogP contribution in [0.15, 0.2) is 18.2 Å². The third-order valence-electron chi connectivity index (χ3n) is 2.98. The van der Waals surface area contributed by atoms with E-state index < -0.39 is 0 Å². The minimum Gasteiger partial charge on any atom is -0.497 e. The number of amides is 1. The quantitative estimate of drug-likeness (QED) is 0.738. The Morgan fingerprint density at radius 1 is 1.10 bits per heavy atom. The molecule has 0 aliphatic carbocycles. The average molecular weight is 295 g/mol. The van der Waals surface area contributed by atoms with Crippen LogP contribution in [0.3, 0.4) is 0 Å². The van der Waals surface area contributed by atoms with Crippen LogP contribution in [-0.4, -0.2) is 33.2 Å². The highest BCUT2D eigenvalue weighted by atomic mass is 16.5. The van der Waals surface area contributed by atoms with Gasteiger partial charge < -0.3 is 19.5 Å². The van der Waals surface area contributed by atoms with Crippen molar-refractivity contribution in [1.29, 1.82) is 0 Å². The molecule has 0 spiro atoms. The van der Waals surface area contributed by atoms with E-state index in [2.05, 4.69) is 10.1 Å². The summed E-state index contributed by atoms with van der Waals surface area (Å²) in [6.07, 6.45) is 0.988. The Morgan fingerprint density at radius 3 is 2.48 bits per heavy atom. The van der Waals surface area contributed by atoms with E-state index in [1.165, 1.54) is 7.11 Å². The number of benzene rings is 1. The second-order valence-electron chi connectivity index (χ2n) is 4.38. The van der Waals surface area contributed by atoms with E-state index in [0.29, 0.717) is 24.5 Å². The molecule has 0 radical (unpaired) electrons. The summed E-state index contributed by atoms with van der Waals surface area (Å²) in [4.78, 5) is 22.6. The van der Waals surface area contributed by atoms with Crippen LogP contribution in [0.1, 0.15) is 24.8 Å². The van der Waals surface area contributed by atoms with Gasteiger partial charge in [0.25, 0.3) is 0 Å². The van der Waals surface area contributed by atoms with Gasteiger partial charge in [0.15, 0.2) is 0 Å². The summed E-state index contributed by atoms with van der Waals surface area (Å²) in [5.74, 6) is 0.956. The van der Waals surface area contributed by atoms with Crippen molar-refractivity contribution in [2.24, 2.45) is 0 Å². The van der Waals surface area contributed by atoms with E-state index in [1.54, 1.807) is 26.4 Å².